The van der Waals surface area contributed by atoms with Crippen molar-refractivity contribution in [1.82, 2.24) is 14.6 Å². The molecule has 0 saturated carbocycles. The summed E-state index contributed by atoms with van der Waals surface area (Å²) < 4.78 is 29.6. The van der Waals surface area contributed by atoms with E-state index in [0.29, 0.717) is 24.3 Å². The summed E-state index contributed by atoms with van der Waals surface area (Å²) in [5.41, 5.74) is 3.40. The minimum absolute atomic E-state index is 0.0742. The first-order valence-corrected chi connectivity index (χ1v) is 13.1. The molecule has 9 heteroatoms. The van der Waals surface area contributed by atoms with Crippen LogP contribution in [0.25, 0.3) is 10.9 Å². The standard InChI is InChI=1S/C27H28N4O4S/c1-3-14-28-27(33)29-23-9-6-8-20(16-23)18-31-15-13-21-17-22(11-12-24(21)31)26(32)30-36(34,35)25-10-5-4-7-19(25)2/h4-13,15-17H,3,14,18H2,1-2H3,(H,30,32)(H2,28,29,33). The third kappa shape index (κ3) is 5.75. The number of hydrogen-bond donors (Lipinski definition) is 3. The molecule has 0 aliphatic rings. The minimum atomic E-state index is -3.98. The molecular weight excluding hydrogens is 476 g/mol. The normalized spacial score (nSPS) is 11.3. The van der Waals surface area contributed by atoms with E-state index in [0.717, 1.165) is 22.9 Å². The maximum Gasteiger partial charge on any atom is 0.319 e. The van der Waals surface area contributed by atoms with Gasteiger partial charge in [0.25, 0.3) is 15.9 Å². The number of rotatable bonds is 8. The van der Waals surface area contributed by atoms with E-state index >= 15 is 0 Å². The Morgan fingerprint density at radius 2 is 1.75 bits per heavy atom. The molecule has 1 heterocycles. The fourth-order valence-corrected chi connectivity index (χ4v) is 5.15. The molecule has 0 radical (unpaired) electrons. The minimum Gasteiger partial charge on any atom is -0.343 e. The van der Waals surface area contributed by atoms with Crippen LogP contribution in [0.2, 0.25) is 0 Å². The van der Waals surface area contributed by atoms with Gasteiger partial charge in [-0.15, -0.1) is 0 Å². The molecule has 3 amide bonds. The average Bonchev–Trinajstić information content (AvgIpc) is 3.24. The van der Waals surface area contributed by atoms with Crippen LogP contribution >= 0.6 is 0 Å². The number of nitrogens with zero attached hydrogens (tertiary/aromatic N) is 1. The van der Waals surface area contributed by atoms with E-state index in [1.807, 2.05) is 48.0 Å². The SMILES string of the molecule is CCCNC(=O)Nc1cccc(Cn2ccc3cc(C(=O)NS(=O)(=O)c4ccccc4C)ccc32)c1. The van der Waals surface area contributed by atoms with Crippen LogP contribution in [0, 0.1) is 6.92 Å². The monoisotopic (exact) mass is 504 g/mol. The smallest absolute Gasteiger partial charge is 0.319 e. The van der Waals surface area contributed by atoms with E-state index in [9.17, 15) is 18.0 Å². The molecule has 0 bridgehead atoms. The van der Waals surface area contributed by atoms with E-state index < -0.39 is 15.9 Å². The Morgan fingerprint density at radius 1 is 0.944 bits per heavy atom. The highest BCUT2D eigenvalue weighted by Gasteiger charge is 2.20. The molecule has 0 aliphatic carbocycles. The number of hydrogen-bond acceptors (Lipinski definition) is 4. The van der Waals surface area contributed by atoms with Crippen LogP contribution < -0.4 is 15.4 Å². The van der Waals surface area contributed by atoms with Crippen molar-refractivity contribution < 1.29 is 18.0 Å². The van der Waals surface area contributed by atoms with Crippen molar-refractivity contribution in [2.75, 3.05) is 11.9 Å². The summed E-state index contributed by atoms with van der Waals surface area (Å²) in [6.45, 7) is 4.84. The first kappa shape index (κ1) is 25.0. The summed E-state index contributed by atoms with van der Waals surface area (Å²) in [4.78, 5) is 24.8. The van der Waals surface area contributed by atoms with Gasteiger partial charge in [-0.05, 0) is 66.9 Å². The van der Waals surface area contributed by atoms with Crippen LogP contribution in [0.3, 0.4) is 0 Å². The van der Waals surface area contributed by atoms with Crippen molar-refractivity contribution in [2.24, 2.45) is 0 Å². The Morgan fingerprint density at radius 3 is 2.53 bits per heavy atom. The zero-order valence-electron chi connectivity index (χ0n) is 20.1. The quantitative estimate of drug-likeness (QED) is 0.325. The lowest BCUT2D eigenvalue weighted by Gasteiger charge is -2.11. The molecule has 0 saturated heterocycles. The van der Waals surface area contributed by atoms with Crippen LogP contribution in [0.15, 0.2) is 83.9 Å². The lowest BCUT2D eigenvalue weighted by molar-refractivity contribution is 0.0981. The molecule has 0 unspecified atom stereocenters. The van der Waals surface area contributed by atoms with Crippen molar-refractivity contribution in [1.29, 1.82) is 0 Å². The number of anilines is 1. The molecule has 0 atom stereocenters. The predicted molar refractivity (Wildman–Crippen MR) is 141 cm³/mol. The van der Waals surface area contributed by atoms with Gasteiger partial charge in [0, 0.05) is 41.4 Å². The number of urea groups is 1. The Labute approximate surface area is 210 Å². The number of sulfonamides is 1. The first-order valence-electron chi connectivity index (χ1n) is 11.6. The molecule has 0 fully saturated rings. The number of aryl methyl sites for hydroxylation is 1. The zero-order valence-corrected chi connectivity index (χ0v) is 20.9. The molecule has 1 aromatic heterocycles. The van der Waals surface area contributed by atoms with E-state index in [2.05, 4.69) is 15.4 Å². The van der Waals surface area contributed by atoms with Gasteiger partial charge in [-0.3, -0.25) is 4.79 Å². The number of nitrogens with one attached hydrogen (secondary N) is 3. The van der Waals surface area contributed by atoms with E-state index in [-0.39, 0.29) is 16.5 Å². The lowest BCUT2D eigenvalue weighted by atomic mass is 10.1. The molecule has 186 valence electrons. The van der Waals surface area contributed by atoms with Gasteiger partial charge >= 0.3 is 6.03 Å². The average molecular weight is 505 g/mol. The van der Waals surface area contributed by atoms with E-state index in [1.165, 1.54) is 6.07 Å². The van der Waals surface area contributed by atoms with Crippen LogP contribution in [0.4, 0.5) is 10.5 Å². The zero-order chi connectivity index (χ0) is 25.7. The number of benzene rings is 3. The second-order valence-electron chi connectivity index (χ2n) is 8.50. The van der Waals surface area contributed by atoms with Crippen LogP contribution in [-0.2, 0) is 16.6 Å². The fourth-order valence-electron chi connectivity index (χ4n) is 3.93. The number of amides is 3. The van der Waals surface area contributed by atoms with Crippen molar-refractivity contribution in [3.63, 3.8) is 0 Å². The summed E-state index contributed by atoms with van der Waals surface area (Å²) in [6, 6.07) is 20.8. The Hall–Kier alpha value is -4.11. The Bertz CT molecular complexity index is 1530. The predicted octanol–water partition coefficient (Wildman–Crippen LogP) is 4.65. The molecule has 4 rings (SSSR count). The lowest BCUT2D eigenvalue weighted by Crippen LogP contribution is -2.31. The highest BCUT2D eigenvalue weighted by Crippen LogP contribution is 2.21. The summed E-state index contributed by atoms with van der Waals surface area (Å²) in [5.74, 6) is -0.687. The number of aromatic nitrogens is 1. The maximum absolute atomic E-state index is 12.7. The van der Waals surface area contributed by atoms with Crippen LogP contribution in [0.5, 0.6) is 0 Å². The summed E-state index contributed by atoms with van der Waals surface area (Å²) >= 11 is 0. The van der Waals surface area contributed by atoms with Gasteiger partial charge in [0.05, 0.1) is 4.90 Å². The van der Waals surface area contributed by atoms with Gasteiger partial charge in [-0.2, -0.15) is 0 Å². The van der Waals surface area contributed by atoms with Crippen LogP contribution in [-0.4, -0.2) is 31.5 Å². The molecule has 0 spiro atoms. The highest BCUT2D eigenvalue weighted by atomic mass is 32.2. The van der Waals surface area contributed by atoms with Gasteiger partial charge in [0.15, 0.2) is 0 Å². The maximum atomic E-state index is 12.7. The number of fused-ring (bicyclic) bond motifs is 1. The molecule has 3 aromatic carbocycles. The van der Waals surface area contributed by atoms with Crippen LogP contribution in [0.1, 0.15) is 34.8 Å². The van der Waals surface area contributed by atoms with Crippen molar-refractivity contribution >= 4 is 38.6 Å². The Balaban J connectivity index is 1.49. The number of carbonyl (C=O) groups is 2. The molecule has 36 heavy (non-hydrogen) atoms. The highest BCUT2D eigenvalue weighted by molar-refractivity contribution is 7.90. The van der Waals surface area contributed by atoms with Gasteiger partial charge < -0.3 is 15.2 Å². The van der Waals surface area contributed by atoms with Crippen molar-refractivity contribution in [3.05, 3.63) is 95.7 Å². The van der Waals surface area contributed by atoms with E-state index in [4.69, 9.17) is 0 Å². The van der Waals surface area contributed by atoms with Gasteiger partial charge in [0.1, 0.15) is 0 Å². The van der Waals surface area contributed by atoms with Gasteiger partial charge in [-0.1, -0.05) is 37.3 Å². The molecule has 8 nitrogen and oxygen atoms in total. The first-order chi connectivity index (χ1) is 17.3. The molecular formula is C27H28N4O4S. The topological polar surface area (TPSA) is 109 Å². The summed E-state index contributed by atoms with van der Waals surface area (Å²) in [6.07, 6.45) is 2.77. The third-order valence-electron chi connectivity index (χ3n) is 5.72. The van der Waals surface area contributed by atoms with Crippen molar-refractivity contribution in [3.8, 4) is 0 Å². The van der Waals surface area contributed by atoms with Gasteiger partial charge in [-0.25, -0.2) is 17.9 Å². The molecule has 3 N–H and O–H groups in total. The summed E-state index contributed by atoms with van der Waals surface area (Å²) in [5, 5.41) is 6.43. The Kier molecular flexibility index (Phi) is 7.40. The number of carbonyl (C=O) groups excluding carboxylic acids is 2. The molecule has 0 aliphatic heterocycles. The second-order valence-corrected chi connectivity index (χ2v) is 10.1. The largest absolute Gasteiger partial charge is 0.343 e. The summed E-state index contributed by atoms with van der Waals surface area (Å²) in [7, 11) is -3.98. The van der Waals surface area contributed by atoms with Gasteiger partial charge in [0.2, 0.25) is 0 Å². The van der Waals surface area contributed by atoms with E-state index in [1.54, 1.807) is 43.3 Å². The van der Waals surface area contributed by atoms with Crippen molar-refractivity contribution in [2.45, 2.75) is 31.7 Å². The third-order valence-corrected chi connectivity index (χ3v) is 7.21. The molecule has 4 aromatic rings. The fraction of sp³-hybridized carbons (Fsp3) is 0.185. The second kappa shape index (κ2) is 10.7.